The summed E-state index contributed by atoms with van der Waals surface area (Å²) >= 11 is 0. The van der Waals surface area contributed by atoms with Gasteiger partial charge in [0.15, 0.2) is 5.78 Å². The Bertz CT molecular complexity index is 478. The Morgan fingerprint density at radius 3 is 2.38 bits per heavy atom. The van der Waals surface area contributed by atoms with Crippen LogP contribution in [0.25, 0.3) is 0 Å². The SMILES string of the molecule is Cc1cc(C(=O)C=CC(=O)O)c(F)cc1F. The standard InChI is InChI=1S/C11H8F2O3/c1-6-4-7(9(13)5-8(6)12)10(14)2-3-11(15)16/h2-5H,1H3,(H,15,16). The highest BCUT2D eigenvalue weighted by molar-refractivity contribution is 6.07. The largest absolute Gasteiger partial charge is 0.478 e. The smallest absolute Gasteiger partial charge is 0.328 e. The minimum absolute atomic E-state index is 0.119. The Hall–Kier alpha value is -2.04. The molecule has 3 nitrogen and oxygen atoms in total. The number of carbonyl (C=O) groups excluding carboxylic acids is 1. The third-order valence-electron chi connectivity index (χ3n) is 1.89. The summed E-state index contributed by atoms with van der Waals surface area (Å²) in [7, 11) is 0. The van der Waals surface area contributed by atoms with E-state index in [1.807, 2.05) is 0 Å². The lowest BCUT2D eigenvalue weighted by Crippen LogP contribution is -2.02. The summed E-state index contributed by atoms with van der Waals surface area (Å²) in [6.45, 7) is 1.38. The van der Waals surface area contributed by atoms with E-state index in [1.54, 1.807) is 0 Å². The fourth-order valence-electron chi connectivity index (χ4n) is 1.08. The molecule has 0 aliphatic carbocycles. The van der Waals surface area contributed by atoms with Crippen molar-refractivity contribution in [2.24, 2.45) is 0 Å². The number of hydrogen-bond donors (Lipinski definition) is 1. The Kier molecular flexibility index (Phi) is 3.50. The van der Waals surface area contributed by atoms with E-state index in [2.05, 4.69) is 0 Å². The van der Waals surface area contributed by atoms with Crippen LogP contribution in [0.5, 0.6) is 0 Å². The summed E-state index contributed by atoms with van der Waals surface area (Å²) in [4.78, 5) is 21.5. The molecule has 1 rings (SSSR count). The minimum Gasteiger partial charge on any atom is -0.478 e. The lowest BCUT2D eigenvalue weighted by Gasteiger charge is -2.01. The molecule has 0 aromatic heterocycles. The van der Waals surface area contributed by atoms with Gasteiger partial charge in [-0.1, -0.05) is 0 Å². The maximum Gasteiger partial charge on any atom is 0.328 e. The molecule has 0 radical (unpaired) electrons. The molecule has 1 N–H and O–H groups in total. The van der Waals surface area contributed by atoms with Crippen molar-refractivity contribution in [1.82, 2.24) is 0 Å². The molecular weight excluding hydrogens is 218 g/mol. The number of rotatable bonds is 3. The summed E-state index contributed by atoms with van der Waals surface area (Å²) < 4.78 is 26.0. The van der Waals surface area contributed by atoms with Crippen LogP contribution in [0, 0.1) is 18.6 Å². The maximum atomic E-state index is 13.2. The molecule has 1 aromatic rings. The van der Waals surface area contributed by atoms with E-state index < -0.39 is 23.4 Å². The van der Waals surface area contributed by atoms with Crippen molar-refractivity contribution in [3.05, 3.63) is 47.0 Å². The number of carbonyl (C=O) groups is 2. The molecule has 0 amide bonds. The molecule has 0 heterocycles. The summed E-state index contributed by atoms with van der Waals surface area (Å²) in [6.07, 6.45) is 1.32. The predicted molar refractivity (Wildman–Crippen MR) is 52.2 cm³/mol. The number of hydrogen-bond acceptors (Lipinski definition) is 2. The summed E-state index contributed by atoms with van der Waals surface area (Å²) in [5.41, 5.74) is -0.232. The van der Waals surface area contributed by atoms with Gasteiger partial charge in [-0.3, -0.25) is 4.79 Å². The average Bonchev–Trinajstić information content (AvgIpc) is 2.20. The molecule has 0 spiro atoms. The van der Waals surface area contributed by atoms with Crippen molar-refractivity contribution in [2.45, 2.75) is 6.92 Å². The zero-order valence-electron chi connectivity index (χ0n) is 8.33. The van der Waals surface area contributed by atoms with Crippen molar-refractivity contribution in [3.63, 3.8) is 0 Å². The predicted octanol–water partition coefficient (Wildman–Crippen LogP) is 2.10. The van der Waals surface area contributed by atoms with Crippen molar-refractivity contribution in [3.8, 4) is 0 Å². The van der Waals surface area contributed by atoms with Gasteiger partial charge in [0.25, 0.3) is 0 Å². The first-order valence-corrected chi connectivity index (χ1v) is 4.33. The third kappa shape index (κ3) is 2.73. The van der Waals surface area contributed by atoms with Gasteiger partial charge in [0.05, 0.1) is 5.56 Å². The molecule has 0 atom stereocenters. The van der Waals surface area contributed by atoms with Gasteiger partial charge in [0.2, 0.25) is 0 Å². The van der Waals surface area contributed by atoms with Gasteiger partial charge in [-0.25, -0.2) is 13.6 Å². The Balaban J connectivity index is 3.09. The first kappa shape index (κ1) is 12.0. The second-order valence-electron chi connectivity index (χ2n) is 3.12. The number of carboxylic acid groups (broad SMARTS) is 1. The second kappa shape index (κ2) is 4.65. The zero-order chi connectivity index (χ0) is 12.3. The van der Waals surface area contributed by atoms with Crippen molar-refractivity contribution in [1.29, 1.82) is 0 Å². The normalized spacial score (nSPS) is 10.7. The van der Waals surface area contributed by atoms with Crippen molar-refractivity contribution < 1.29 is 23.5 Å². The number of halogens is 2. The van der Waals surface area contributed by atoms with Crippen LogP contribution in [0.15, 0.2) is 24.3 Å². The number of ketones is 1. The van der Waals surface area contributed by atoms with E-state index >= 15 is 0 Å². The van der Waals surface area contributed by atoms with Crippen molar-refractivity contribution >= 4 is 11.8 Å². The second-order valence-corrected chi connectivity index (χ2v) is 3.12. The Labute approximate surface area is 90.0 Å². The molecular formula is C11H8F2O3. The van der Waals surface area contributed by atoms with E-state index in [4.69, 9.17) is 5.11 Å². The van der Waals surface area contributed by atoms with Gasteiger partial charge in [0, 0.05) is 12.1 Å². The zero-order valence-corrected chi connectivity index (χ0v) is 8.33. The Morgan fingerprint density at radius 1 is 1.19 bits per heavy atom. The lowest BCUT2D eigenvalue weighted by atomic mass is 10.1. The number of carboxylic acids is 1. The first-order chi connectivity index (χ1) is 7.41. The minimum atomic E-state index is -1.31. The molecule has 0 fully saturated rings. The van der Waals surface area contributed by atoms with E-state index in [0.717, 1.165) is 12.1 Å². The third-order valence-corrected chi connectivity index (χ3v) is 1.89. The van der Waals surface area contributed by atoms with Gasteiger partial charge in [-0.2, -0.15) is 0 Å². The quantitative estimate of drug-likeness (QED) is 0.634. The lowest BCUT2D eigenvalue weighted by molar-refractivity contribution is -0.131. The molecule has 0 aliphatic heterocycles. The fraction of sp³-hybridized carbons (Fsp3) is 0.0909. The highest BCUT2D eigenvalue weighted by Gasteiger charge is 2.12. The monoisotopic (exact) mass is 226 g/mol. The van der Waals surface area contributed by atoms with Crippen molar-refractivity contribution in [2.75, 3.05) is 0 Å². The number of aryl methyl sites for hydroxylation is 1. The Morgan fingerprint density at radius 2 is 1.81 bits per heavy atom. The van der Waals surface area contributed by atoms with Gasteiger partial charge in [-0.15, -0.1) is 0 Å². The highest BCUT2D eigenvalue weighted by atomic mass is 19.1. The van der Waals surface area contributed by atoms with E-state index in [0.29, 0.717) is 12.1 Å². The van der Waals surface area contributed by atoms with Crippen LogP contribution in [-0.2, 0) is 4.79 Å². The van der Waals surface area contributed by atoms with E-state index in [9.17, 15) is 18.4 Å². The number of allylic oxidation sites excluding steroid dienone is 1. The van der Waals surface area contributed by atoms with E-state index in [1.165, 1.54) is 6.92 Å². The summed E-state index contributed by atoms with van der Waals surface area (Å²) in [6, 6.07) is 1.64. The first-order valence-electron chi connectivity index (χ1n) is 4.33. The average molecular weight is 226 g/mol. The molecule has 0 saturated heterocycles. The topological polar surface area (TPSA) is 54.4 Å². The molecule has 0 saturated carbocycles. The van der Waals surface area contributed by atoms with Gasteiger partial charge in [0.1, 0.15) is 11.6 Å². The summed E-state index contributed by atoms with van der Waals surface area (Å²) in [5.74, 6) is -3.89. The highest BCUT2D eigenvalue weighted by Crippen LogP contribution is 2.15. The summed E-state index contributed by atoms with van der Waals surface area (Å²) in [5, 5.41) is 8.28. The van der Waals surface area contributed by atoms with Crippen LogP contribution < -0.4 is 0 Å². The van der Waals surface area contributed by atoms with Gasteiger partial charge >= 0.3 is 5.97 Å². The van der Waals surface area contributed by atoms with Crippen LogP contribution in [0.1, 0.15) is 15.9 Å². The molecule has 0 aliphatic rings. The van der Waals surface area contributed by atoms with Gasteiger partial charge < -0.3 is 5.11 Å². The molecule has 84 valence electrons. The number of benzene rings is 1. The van der Waals surface area contributed by atoms with Crippen LogP contribution in [0.4, 0.5) is 8.78 Å². The molecule has 16 heavy (non-hydrogen) atoms. The van der Waals surface area contributed by atoms with Crippen LogP contribution >= 0.6 is 0 Å². The fourth-order valence-corrected chi connectivity index (χ4v) is 1.08. The molecule has 0 unspecified atom stereocenters. The number of aliphatic carboxylic acids is 1. The maximum absolute atomic E-state index is 13.2. The van der Waals surface area contributed by atoms with Gasteiger partial charge in [-0.05, 0) is 24.6 Å². The molecule has 0 bridgehead atoms. The van der Waals surface area contributed by atoms with Crippen LogP contribution in [0.3, 0.4) is 0 Å². The molecule has 1 aromatic carbocycles. The van der Waals surface area contributed by atoms with E-state index in [-0.39, 0.29) is 11.1 Å². The molecule has 5 heteroatoms. The van der Waals surface area contributed by atoms with Crippen LogP contribution in [0.2, 0.25) is 0 Å². The van der Waals surface area contributed by atoms with Crippen LogP contribution in [-0.4, -0.2) is 16.9 Å².